The number of hydrogen-bond acceptors (Lipinski definition) is 5. The van der Waals surface area contributed by atoms with E-state index in [1.807, 2.05) is 6.07 Å². The van der Waals surface area contributed by atoms with Crippen LogP contribution in [0.25, 0.3) is 0 Å². The zero-order chi connectivity index (χ0) is 15.5. The van der Waals surface area contributed by atoms with E-state index in [1.54, 1.807) is 0 Å². The van der Waals surface area contributed by atoms with Gasteiger partial charge in [-0.15, -0.1) is 0 Å². The minimum absolute atomic E-state index is 0.0592. The van der Waals surface area contributed by atoms with Crippen LogP contribution in [0.4, 0.5) is 0 Å². The fourth-order valence-corrected chi connectivity index (χ4v) is 3.49. The van der Waals surface area contributed by atoms with E-state index in [9.17, 15) is 8.42 Å². The maximum absolute atomic E-state index is 12.2. The first-order valence-electron chi connectivity index (χ1n) is 6.94. The third-order valence-electron chi connectivity index (χ3n) is 3.97. The summed E-state index contributed by atoms with van der Waals surface area (Å²) >= 11 is 0. The minimum Gasteiger partial charge on any atom is -0.312 e. The monoisotopic (exact) mass is 308 g/mol. The number of nitriles is 1. The van der Waals surface area contributed by atoms with Crippen LogP contribution in [0.5, 0.6) is 0 Å². The van der Waals surface area contributed by atoms with Crippen molar-refractivity contribution in [2.45, 2.75) is 37.6 Å². The Balaban J connectivity index is 2.05. The van der Waals surface area contributed by atoms with Crippen molar-refractivity contribution in [3.63, 3.8) is 0 Å². The molecule has 1 aromatic heterocycles. The summed E-state index contributed by atoms with van der Waals surface area (Å²) in [6.45, 7) is 5.53. The maximum Gasteiger partial charge on any atom is 0.242 e. The molecular weight excluding hydrogens is 288 g/mol. The van der Waals surface area contributed by atoms with Crippen molar-refractivity contribution in [3.8, 4) is 6.07 Å². The van der Waals surface area contributed by atoms with Crippen molar-refractivity contribution in [1.82, 2.24) is 15.0 Å². The first kappa shape index (κ1) is 15.9. The van der Waals surface area contributed by atoms with E-state index in [0.717, 1.165) is 19.4 Å². The number of aromatic nitrogens is 1. The molecule has 0 bridgehead atoms. The molecule has 1 aromatic rings. The van der Waals surface area contributed by atoms with Gasteiger partial charge in [0.2, 0.25) is 10.0 Å². The van der Waals surface area contributed by atoms with Gasteiger partial charge in [-0.3, -0.25) is 0 Å². The lowest BCUT2D eigenvalue weighted by Gasteiger charge is -2.39. The molecule has 1 fully saturated rings. The molecule has 1 aliphatic heterocycles. The maximum atomic E-state index is 12.2. The van der Waals surface area contributed by atoms with Crippen LogP contribution in [0.1, 0.15) is 32.4 Å². The summed E-state index contributed by atoms with van der Waals surface area (Å²) in [4.78, 5) is 3.87. The molecule has 21 heavy (non-hydrogen) atoms. The van der Waals surface area contributed by atoms with Gasteiger partial charge in [0.15, 0.2) is 0 Å². The zero-order valence-corrected chi connectivity index (χ0v) is 13.1. The molecule has 1 unspecified atom stereocenters. The zero-order valence-electron chi connectivity index (χ0n) is 12.3. The molecule has 0 saturated carbocycles. The number of nitrogens with zero attached hydrogens (tertiary/aromatic N) is 2. The van der Waals surface area contributed by atoms with Crippen LogP contribution in [-0.2, 0) is 10.0 Å². The first-order valence-corrected chi connectivity index (χ1v) is 8.43. The first-order chi connectivity index (χ1) is 9.85. The van der Waals surface area contributed by atoms with Crippen molar-refractivity contribution in [1.29, 1.82) is 5.26 Å². The number of pyridine rings is 1. The summed E-state index contributed by atoms with van der Waals surface area (Å²) < 4.78 is 27.1. The van der Waals surface area contributed by atoms with Gasteiger partial charge in [0.1, 0.15) is 16.7 Å². The lowest BCUT2D eigenvalue weighted by atomic mass is 9.78. The second-order valence-corrected chi connectivity index (χ2v) is 7.71. The lowest BCUT2D eigenvalue weighted by molar-refractivity contribution is 0.181. The Labute approximate surface area is 125 Å². The second kappa shape index (κ2) is 6.10. The van der Waals surface area contributed by atoms with Gasteiger partial charge in [0.05, 0.1) is 0 Å². The molecule has 1 aliphatic rings. The molecule has 114 valence electrons. The van der Waals surface area contributed by atoms with Crippen LogP contribution in [0.3, 0.4) is 0 Å². The highest BCUT2D eigenvalue weighted by atomic mass is 32.2. The summed E-state index contributed by atoms with van der Waals surface area (Å²) in [5, 5.41) is 12.0. The van der Waals surface area contributed by atoms with E-state index in [2.05, 4.69) is 28.9 Å². The third kappa shape index (κ3) is 3.79. The van der Waals surface area contributed by atoms with Gasteiger partial charge >= 0.3 is 0 Å². The molecule has 7 heteroatoms. The van der Waals surface area contributed by atoms with Gasteiger partial charge in [-0.05, 0) is 36.9 Å². The molecule has 0 aliphatic carbocycles. The van der Waals surface area contributed by atoms with E-state index in [-0.39, 0.29) is 22.0 Å². The largest absolute Gasteiger partial charge is 0.312 e. The predicted octanol–water partition coefficient (Wildman–Crippen LogP) is 1.01. The summed E-state index contributed by atoms with van der Waals surface area (Å²) in [5.41, 5.74) is 0.257. The van der Waals surface area contributed by atoms with E-state index in [0.29, 0.717) is 6.54 Å². The van der Waals surface area contributed by atoms with Crippen LogP contribution in [-0.4, -0.2) is 32.5 Å². The molecule has 2 rings (SSSR count). The van der Waals surface area contributed by atoms with Gasteiger partial charge in [-0.25, -0.2) is 18.1 Å². The number of rotatable bonds is 4. The average Bonchev–Trinajstić information content (AvgIpc) is 2.46. The van der Waals surface area contributed by atoms with Gasteiger partial charge in [0.25, 0.3) is 0 Å². The molecular formula is C14H20N4O2S. The van der Waals surface area contributed by atoms with Crippen LogP contribution >= 0.6 is 0 Å². The van der Waals surface area contributed by atoms with E-state index in [4.69, 9.17) is 5.26 Å². The molecule has 0 spiro atoms. The predicted molar refractivity (Wildman–Crippen MR) is 78.9 cm³/mol. The summed E-state index contributed by atoms with van der Waals surface area (Å²) in [5.74, 6) is 0. The molecule has 1 atom stereocenters. The fraction of sp³-hybridized carbons (Fsp3) is 0.571. The van der Waals surface area contributed by atoms with Crippen LogP contribution in [0.15, 0.2) is 23.2 Å². The molecule has 2 heterocycles. The van der Waals surface area contributed by atoms with Gasteiger partial charge in [-0.2, -0.15) is 5.26 Å². The Bertz CT molecular complexity index is 632. The smallest absolute Gasteiger partial charge is 0.242 e. The topological polar surface area (TPSA) is 94.9 Å². The number of sulfonamides is 1. The summed E-state index contributed by atoms with van der Waals surface area (Å²) in [7, 11) is -3.60. The van der Waals surface area contributed by atoms with Crippen molar-refractivity contribution in [2.75, 3.05) is 13.1 Å². The van der Waals surface area contributed by atoms with E-state index in [1.165, 1.54) is 18.3 Å². The van der Waals surface area contributed by atoms with Gasteiger partial charge in [-0.1, -0.05) is 13.8 Å². The van der Waals surface area contributed by atoms with Gasteiger partial charge in [0, 0.05) is 18.8 Å². The van der Waals surface area contributed by atoms with Crippen molar-refractivity contribution < 1.29 is 8.42 Å². The molecule has 1 saturated heterocycles. The van der Waals surface area contributed by atoms with Gasteiger partial charge < -0.3 is 5.32 Å². The standard InChI is InChI=1S/C14H20N4O2S/c1-14(2)6-3-7-16-13(14)10-18-21(19,20)12-5-4-11(8-15)17-9-12/h4-5,9,13,16,18H,3,6-7,10H2,1-2H3. The van der Waals surface area contributed by atoms with E-state index >= 15 is 0 Å². The Morgan fingerprint density at radius 1 is 1.52 bits per heavy atom. The molecule has 0 radical (unpaired) electrons. The van der Waals surface area contributed by atoms with Crippen molar-refractivity contribution in [2.24, 2.45) is 5.41 Å². The molecule has 0 amide bonds. The molecule has 6 nitrogen and oxygen atoms in total. The number of piperidine rings is 1. The lowest BCUT2D eigenvalue weighted by Crippen LogP contribution is -2.52. The Hall–Kier alpha value is -1.49. The second-order valence-electron chi connectivity index (χ2n) is 5.94. The molecule has 2 N–H and O–H groups in total. The van der Waals surface area contributed by atoms with Crippen molar-refractivity contribution in [3.05, 3.63) is 24.0 Å². The summed E-state index contributed by atoms with van der Waals surface area (Å²) in [6.07, 6.45) is 3.39. The van der Waals surface area contributed by atoms with Crippen molar-refractivity contribution >= 4 is 10.0 Å². The highest BCUT2D eigenvalue weighted by Gasteiger charge is 2.32. The summed E-state index contributed by atoms with van der Waals surface area (Å²) in [6, 6.07) is 4.76. The van der Waals surface area contributed by atoms with Crippen LogP contribution < -0.4 is 10.0 Å². The van der Waals surface area contributed by atoms with Crippen LogP contribution in [0, 0.1) is 16.7 Å². The Morgan fingerprint density at radius 3 is 2.86 bits per heavy atom. The Kier molecular flexibility index (Phi) is 4.61. The highest BCUT2D eigenvalue weighted by molar-refractivity contribution is 7.89. The Morgan fingerprint density at radius 2 is 2.29 bits per heavy atom. The number of hydrogen-bond donors (Lipinski definition) is 2. The highest BCUT2D eigenvalue weighted by Crippen LogP contribution is 2.29. The minimum atomic E-state index is -3.60. The molecule has 0 aromatic carbocycles. The van der Waals surface area contributed by atoms with E-state index < -0.39 is 10.0 Å². The third-order valence-corrected chi connectivity index (χ3v) is 5.38. The van der Waals surface area contributed by atoms with Crippen LogP contribution in [0.2, 0.25) is 0 Å². The normalized spacial score (nSPS) is 21.7. The fourth-order valence-electron chi connectivity index (χ4n) is 2.50. The SMILES string of the molecule is CC1(C)CCCNC1CNS(=O)(=O)c1ccc(C#N)nc1. The number of nitrogens with one attached hydrogen (secondary N) is 2. The average molecular weight is 308 g/mol. The quantitative estimate of drug-likeness (QED) is 0.865.